The van der Waals surface area contributed by atoms with Gasteiger partial charge in [-0.15, -0.1) is 0 Å². The van der Waals surface area contributed by atoms with Gasteiger partial charge in [0.1, 0.15) is 6.61 Å². The van der Waals surface area contributed by atoms with E-state index < -0.39 is 0 Å². The molecule has 6 nitrogen and oxygen atoms in total. The summed E-state index contributed by atoms with van der Waals surface area (Å²) in [6.07, 6.45) is 1.52. The molecule has 2 amide bonds. The van der Waals surface area contributed by atoms with E-state index in [2.05, 4.69) is 0 Å². The highest BCUT2D eigenvalue weighted by atomic mass is 16.5. The van der Waals surface area contributed by atoms with E-state index in [4.69, 9.17) is 9.47 Å². The molecule has 2 saturated heterocycles. The first-order valence-corrected chi connectivity index (χ1v) is 7.63. The smallest absolute Gasteiger partial charge is 0.254 e. The van der Waals surface area contributed by atoms with Crippen LogP contribution in [0.15, 0.2) is 0 Å². The number of hydrogen-bond acceptors (Lipinski definition) is 4. The van der Waals surface area contributed by atoms with Gasteiger partial charge >= 0.3 is 0 Å². The Morgan fingerprint density at radius 3 is 2.38 bits per heavy atom. The summed E-state index contributed by atoms with van der Waals surface area (Å²) in [4.78, 5) is 27.7. The molecule has 0 aromatic rings. The SMILES string of the molecule is COCC(=O)N1CCC([C@H]2[C@@H](OC)C(=O)N2C(C)C)CC1. The Morgan fingerprint density at radius 2 is 1.90 bits per heavy atom. The average molecular weight is 298 g/mol. The molecule has 0 radical (unpaired) electrons. The molecule has 2 heterocycles. The summed E-state index contributed by atoms with van der Waals surface area (Å²) in [6.45, 7) is 5.69. The number of β-lactam (4-membered cyclic amide) rings is 1. The monoisotopic (exact) mass is 298 g/mol. The van der Waals surface area contributed by atoms with Crippen LogP contribution in [0.5, 0.6) is 0 Å². The van der Waals surface area contributed by atoms with Crippen molar-refractivity contribution in [2.45, 2.75) is 44.9 Å². The molecule has 0 spiro atoms. The second-order valence-electron chi connectivity index (χ2n) is 6.14. The van der Waals surface area contributed by atoms with Gasteiger partial charge in [-0.25, -0.2) is 0 Å². The molecule has 2 atom stereocenters. The van der Waals surface area contributed by atoms with Crippen molar-refractivity contribution in [1.29, 1.82) is 0 Å². The van der Waals surface area contributed by atoms with Crippen LogP contribution in [0.2, 0.25) is 0 Å². The lowest BCUT2D eigenvalue weighted by atomic mass is 9.79. The molecule has 0 aromatic carbocycles. The lowest BCUT2D eigenvalue weighted by Gasteiger charge is -2.53. The molecule has 2 fully saturated rings. The van der Waals surface area contributed by atoms with Crippen molar-refractivity contribution >= 4 is 11.8 Å². The molecule has 120 valence electrons. The van der Waals surface area contributed by atoms with Crippen molar-refractivity contribution in [1.82, 2.24) is 9.80 Å². The van der Waals surface area contributed by atoms with Crippen LogP contribution < -0.4 is 0 Å². The Morgan fingerprint density at radius 1 is 1.29 bits per heavy atom. The zero-order chi connectivity index (χ0) is 15.6. The van der Waals surface area contributed by atoms with Crippen LogP contribution in [0.25, 0.3) is 0 Å². The van der Waals surface area contributed by atoms with Gasteiger partial charge in [-0.05, 0) is 32.6 Å². The molecule has 0 unspecified atom stereocenters. The molecule has 2 aliphatic rings. The number of rotatable bonds is 5. The van der Waals surface area contributed by atoms with Gasteiger partial charge in [-0.1, -0.05) is 0 Å². The Kier molecular flexibility index (Phi) is 5.22. The number of carbonyl (C=O) groups is 2. The highest BCUT2D eigenvalue weighted by molar-refractivity contribution is 5.88. The van der Waals surface area contributed by atoms with Crippen LogP contribution in [0.1, 0.15) is 26.7 Å². The Balaban J connectivity index is 1.94. The average Bonchev–Trinajstić information content (AvgIpc) is 2.45. The van der Waals surface area contributed by atoms with E-state index in [-0.39, 0.29) is 36.6 Å². The van der Waals surface area contributed by atoms with Crippen LogP contribution in [0, 0.1) is 5.92 Å². The van der Waals surface area contributed by atoms with Gasteiger partial charge in [-0.3, -0.25) is 9.59 Å². The number of carbonyl (C=O) groups excluding carboxylic acids is 2. The van der Waals surface area contributed by atoms with Crippen molar-refractivity contribution in [2.24, 2.45) is 5.92 Å². The minimum absolute atomic E-state index is 0.0460. The third-order valence-corrected chi connectivity index (χ3v) is 4.58. The van der Waals surface area contributed by atoms with Gasteiger partial charge in [-0.2, -0.15) is 0 Å². The Labute approximate surface area is 126 Å². The number of methoxy groups -OCH3 is 2. The lowest BCUT2D eigenvalue weighted by Crippen LogP contribution is -2.70. The highest BCUT2D eigenvalue weighted by Crippen LogP contribution is 2.36. The fourth-order valence-corrected chi connectivity index (χ4v) is 3.52. The second-order valence-corrected chi connectivity index (χ2v) is 6.14. The first-order valence-electron chi connectivity index (χ1n) is 7.63. The maximum Gasteiger partial charge on any atom is 0.254 e. The molecule has 2 aliphatic heterocycles. The third kappa shape index (κ3) is 3.06. The number of likely N-dealkylation sites (tertiary alicyclic amines) is 2. The van der Waals surface area contributed by atoms with Gasteiger partial charge < -0.3 is 19.3 Å². The summed E-state index contributed by atoms with van der Waals surface area (Å²) >= 11 is 0. The van der Waals surface area contributed by atoms with Crippen LogP contribution in [0.4, 0.5) is 0 Å². The van der Waals surface area contributed by atoms with E-state index in [1.54, 1.807) is 7.11 Å². The number of amides is 2. The standard InChI is InChI=1S/C15H26N2O4/c1-10(2)17-13(14(21-4)15(17)19)11-5-7-16(8-6-11)12(18)9-20-3/h10-11,13-14H,5-9H2,1-4H3/t13-,14+/m0/s1. The zero-order valence-corrected chi connectivity index (χ0v) is 13.4. The van der Waals surface area contributed by atoms with Gasteiger partial charge in [0.15, 0.2) is 6.10 Å². The molecule has 6 heteroatoms. The van der Waals surface area contributed by atoms with E-state index in [0.717, 1.165) is 25.9 Å². The van der Waals surface area contributed by atoms with Crippen LogP contribution in [0.3, 0.4) is 0 Å². The lowest BCUT2D eigenvalue weighted by molar-refractivity contribution is -0.182. The number of hydrogen-bond donors (Lipinski definition) is 0. The quantitative estimate of drug-likeness (QED) is 0.694. The summed E-state index contributed by atoms with van der Waals surface area (Å²) < 4.78 is 10.3. The molecule has 0 aromatic heterocycles. The number of nitrogens with zero attached hydrogens (tertiary/aromatic N) is 2. The maximum absolute atomic E-state index is 12.1. The van der Waals surface area contributed by atoms with Crippen molar-refractivity contribution in [3.8, 4) is 0 Å². The van der Waals surface area contributed by atoms with E-state index in [0.29, 0.717) is 5.92 Å². The predicted molar refractivity (Wildman–Crippen MR) is 77.7 cm³/mol. The van der Waals surface area contributed by atoms with Crippen LogP contribution >= 0.6 is 0 Å². The Bertz CT molecular complexity index is 391. The van der Waals surface area contributed by atoms with Crippen molar-refractivity contribution < 1.29 is 19.1 Å². The first-order chi connectivity index (χ1) is 10.0. The zero-order valence-electron chi connectivity index (χ0n) is 13.4. The van der Waals surface area contributed by atoms with Crippen molar-refractivity contribution in [3.63, 3.8) is 0 Å². The molecule has 0 bridgehead atoms. The second kappa shape index (κ2) is 6.75. The summed E-state index contributed by atoms with van der Waals surface area (Å²) in [5.41, 5.74) is 0. The Hall–Kier alpha value is -1.14. The van der Waals surface area contributed by atoms with Crippen molar-refractivity contribution in [3.05, 3.63) is 0 Å². The summed E-state index contributed by atoms with van der Waals surface area (Å²) in [5, 5.41) is 0. The fraction of sp³-hybridized carbons (Fsp3) is 0.867. The fourth-order valence-electron chi connectivity index (χ4n) is 3.52. The molecular weight excluding hydrogens is 272 g/mol. The first kappa shape index (κ1) is 16.2. The van der Waals surface area contributed by atoms with Gasteiger partial charge in [0.05, 0.1) is 6.04 Å². The van der Waals surface area contributed by atoms with Crippen LogP contribution in [-0.4, -0.2) is 73.7 Å². The summed E-state index contributed by atoms with van der Waals surface area (Å²) in [6, 6.07) is 0.351. The van der Waals surface area contributed by atoms with E-state index in [1.807, 2.05) is 23.6 Å². The number of piperidine rings is 1. The van der Waals surface area contributed by atoms with E-state index in [1.165, 1.54) is 7.11 Å². The molecule has 0 aliphatic carbocycles. The molecular formula is C15H26N2O4. The normalized spacial score (nSPS) is 27.2. The maximum atomic E-state index is 12.1. The minimum Gasteiger partial charge on any atom is -0.375 e. The van der Waals surface area contributed by atoms with E-state index in [9.17, 15) is 9.59 Å². The van der Waals surface area contributed by atoms with Crippen molar-refractivity contribution in [2.75, 3.05) is 33.9 Å². The van der Waals surface area contributed by atoms with Gasteiger partial charge in [0.2, 0.25) is 5.91 Å². The molecule has 0 N–H and O–H groups in total. The number of ether oxygens (including phenoxy) is 2. The third-order valence-electron chi connectivity index (χ3n) is 4.58. The summed E-state index contributed by atoms with van der Waals surface area (Å²) in [7, 11) is 3.14. The highest BCUT2D eigenvalue weighted by Gasteiger charge is 2.52. The summed E-state index contributed by atoms with van der Waals surface area (Å²) in [5.74, 6) is 0.543. The topological polar surface area (TPSA) is 59.1 Å². The van der Waals surface area contributed by atoms with Gasteiger partial charge in [0.25, 0.3) is 5.91 Å². The molecule has 21 heavy (non-hydrogen) atoms. The largest absolute Gasteiger partial charge is 0.375 e. The van der Waals surface area contributed by atoms with Crippen LogP contribution in [-0.2, 0) is 19.1 Å². The van der Waals surface area contributed by atoms with Gasteiger partial charge in [0, 0.05) is 33.4 Å². The van der Waals surface area contributed by atoms with E-state index >= 15 is 0 Å². The predicted octanol–water partition coefficient (Wildman–Crippen LogP) is 0.506. The molecule has 2 rings (SSSR count). The molecule has 0 saturated carbocycles. The minimum atomic E-state index is -0.307.